The van der Waals surface area contributed by atoms with E-state index in [1.807, 2.05) is 0 Å². The summed E-state index contributed by atoms with van der Waals surface area (Å²) >= 11 is 3.28. The summed E-state index contributed by atoms with van der Waals surface area (Å²) in [5.74, 6) is -2.69. The normalized spacial score (nSPS) is 14.9. The van der Waals surface area contributed by atoms with Gasteiger partial charge in [0.05, 0.1) is 17.7 Å². The third kappa shape index (κ3) is 6.08. The molecular formula is C26H20BrN3O7. The minimum atomic E-state index is -0.983. The monoisotopic (exact) mass is 565 g/mol. The number of hydrogen-bond acceptors (Lipinski definition) is 8. The maximum atomic E-state index is 12.8. The Balaban J connectivity index is 1.33. The van der Waals surface area contributed by atoms with Gasteiger partial charge < -0.3 is 9.84 Å². The highest BCUT2D eigenvalue weighted by molar-refractivity contribution is 9.10. The largest absolute Gasteiger partial charge is 0.508 e. The molecule has 3 aromatic carbocycles. The van der Waals surface area contributed by atoms with Crippen LogP contribution in [0.1, 0.15) is 37.5 Å². The number of hydrogen-bond donors (Lipinski definition) is 3. The highest BCUT2D eigenvalue weighted by Gasteiger charge is 2.39. The molecule has 3 amide bonds. The second kappa shape index (κ2) is 11.1. The summed E-state index contributed by atoms with van der Waals surface area (Å²) in [6, 6.07) is 16.8. The smallest absolute Gasteiger partial charge is 0.338 e. The number of Topliss-reactive ketones (excluding diaryl/α,β-unsaturated/α-hetero) is 1. The number of anilines is 1. The Bertz CT molecular complexity index is 1360. The van der Waals surface area contributed by atoms with E-state index in [9.17, 15) is 29.1 Å². The van der Waals surface area contributed by atoms with E-state index in [2.05, 4.69) is 26.8 Å². The number of aromatic hydroxyl groups is 1. The van der Waals surface area contributed by atoms with Crippen LogP contribution in [0.5, 0.6) is 5.75 Å². The average molecular weight is 566 g/mol. The third-order valence-electron chi connectivity index (χ3n) is 5.50. The third-order valence-corrected chi connectivity index (χ3v) is 6.03. The zero-order chi connectivity index (χ0) is 26.5. The molecule has 0 aliphatic carbocycles. The molecule has 3 N–H and O–H groups in total. The SMILES string of the molecule is O=C(COC(=O)c1ccc(N2C(=O)CC(NNC(=O)c3ccc(O)cc3)C2=O)cc1)c1ccc(Br)cc1. The summed E-state index contributed by atoms with van der Waals surface area (Å²) < 4.78 is 5.90. The number of nitrogens with zero attached hydrogens (tertiary/aromatic N) is 1. The Morgan fingerprint density at radius 2 is 1.49 bits per heavy atom. The van der Waals surface area contributed by atoms with E-state index in [0.717, 1.165) is 9.37 Å². The lowest BCUT2D eigenvalue weighted by Crippen LogP contribution is -2.48. The standard InChI is InChI=1S/C26H20BrN3O7/c27-18-7-1-15(2-8-18)22(32)14-37-26(36)17-3-9-19(10-4-17)30-23(33)13-21(25(30)35)28-29-24(34)16-5-11-20(31)12-6-16/h1-12,21,28,31H,13-14H2,(H,29,34). The van der Waals surface area contributed by atoms with Crippen molar-refractivity contribution in [2.45, 2.75) is 12.5 Å². The predicted octanol–water partition coefficient (Wildman–Crippen LogP) is 2.76. The lowest BCUT2D eigenvalue weighted by molar-refractivity contribution is -0.121. The maximum Gasteiger partial charge on any atom is 0.338 e. The van der Waals surface area contributed by atoms with E-state index in [4.69, 9.17) is 4.74 Å². The van der Waals surface area contributed by atoms with Crippen molar-refractivity contribution in [3.05, 3.63) is 94.0 Å². The van der Waals surface area contributed by atoms with Crippen LogP contribution in [0, 0.1) is 0 Å². The summed E-state index contributed by atoms with van der Waals surface area (Å²) in [5.41, 5.74) is 5.98. The Kier molecular flexibility index (Phi) is 7.75. The summed E-state index contributed by atoms with van der Waals surface area (Å²) in [5, 5.41) is 9.31. The van der Waals surface area contributed by atoms with Gasteiger partial charge in [-0.1, -0.05) is 28.1 Å². The lowest BCUT2D eigenvalue weighted by Gasteiger charge is -2.16. The van der Waals surface area contributed by atoms with Gasteiger partial charge in [-0.05, 0) is 60.7 Å². The van der Waals surface area contributed by atoms with Crippen LogP contribution in [-0.4, -0.2) is 47.2 Å². The van der Waals surface area contributed by atoms with E-state index in [-0.39, 0.29) is 34.8 Å². The first kappa shape index (κ1) is 25.7. The minimum absolute atomic E-state index is 0.00482. The minimum Gasteiger partial charge on any atom is -0.508 e. The highest BCUT2D eigenvalue weighted by atomic mass is 79.9. The molecular weight excluding hydrogens is 546 g/mol. The zero-order valence-corrected chi connectivity index (χ0v) is 20.7. The number of halogens is 1. The number of phenolic OH excluding ortho intramolecular Hbond substituents is 1. The first-order valence-electron chi connectivity index (χ1n) is 11.0. The molecule has 1 atom stereocenters. The van der Waals surface area contributed by atoms with E-state index in [1.165, 1.54) is 48.5 Å². The molecule has 0 aromatic heterocycles. The molecule has 1 saturated heterocycles. The number of carbonyl (C=O) groups is 5. The van der Waals surface area contributed by atoms with Gasteiger partial charge in [-0.15, -0.1) is 0 Å². The summed E-state index contributed by atoms with van der Waals surface area (Å²) in [6.07, 6.45) is -0.184. The van der Waals surface area contributed by atoms with Crippen LogP contribution in [0.3, 0.4) is 0 Å². The fourth-order valence-electron chi connectivity index (χ4n) is 3.53. The van der Waals surface area contributed by atoms with Gasteiger partial charge in [0.25, 0.3) is 11.8 Å². The van der Waals surface area contributed by atoms with Crippen molar-refractivity contribution < 1.29 is 33.8 Å². The van der Waals surface area contributed by atoms with Gasteiger partial charge in [0.1, 0.15) is 11.8 Å². The van der Waals surface area contributed by atoms with E-state index < -0.39 is 36.3 Å². The predicted molar refractivity (Wildman–Crippen MR) is 135 cm³/mol. The van der Waals surface area contributed by atoms with Crippen LogP contribution in [0.15, 0.2) is 77.3 Å². The number of ketones is 1. The second-order valence-electron chi connectivity index (χ2n) is 8.02. The van der Waals surface area contributed by atoms with Gasteiger partial charge in [-0.3, -0.25) is 24.6 Å². The van der Waals surface area contributed by atoms with Gasteiger partial charge in [-0.2, -0.15) is 0 Å². The van der Waals surface area contributed by atoms with Crippen LogP contribution in [-0.2, 0) is 14.3 Å². The number of ether oxygens (including phenoxy) is 1. The molecule has 3 aromatic rings. The van der Waals surface area contributed by atoms with Crippen LogP contribution in [0.2, 0.25) is 0 Å². The molecule has 4 rings (SSSR count). The van der Waals surface area contributed by atoms with Gasteiger partial charge in [0, 0.05) is 15.6 Å². The number of imide groups is 1. The quantitative estimate of drug-likeness (QED) is 0.164. The van der Waals surface area contributed by atoms with Crippen molar-refractivity contribution >= 4 is 51.1 Å². The first-order chi connectivity index (χ1) is 17.7. The fourth-order valence-corrected chi connectivity index (χ4v) is 3.80. The molecule has 10 nitrogen and oxygen atoms in total. The molecule has 37 heavy (non-hydrogen) atoms. The number of esters is 1. The van der Waals surface area contributed by atoms with Crippen LogP contribution in [0.4, 0.5) is 5.69 Å². The van der Waals surface area contributed by atoms with Crippen molar-refractivity contribution in [3.8, 4) is 5.75 Å². The molecule has 1 unspecified atom stereocenters. The summed E-state index contributed by atoms with van der Waals surface area (Å²) in [7, 11) is 0. The highest BCUT2D eigenvalue weighted by Crippen LogP contribution is 2.23. The number of nitrogens with one attached hydrogen (secondary N) is 2. The summed E-state index contributed by atoms with van der Waals surface area (Å²) in [6.45, 7) is -0.436. The van der Waals surface area contributed by atoms with Gasteiger partial charge in [-0.25, -0.2) is 15.1 Å². The van der Waals surface area contributed by atoms with Gasteiger partial charge in [0.15, 0.2) is 12.4 Å². The Morgan fingerprint density at radius 3 is 2.14 bits per heavy atom. The van der Waals surface area contributed by atoms with E-state index in [0.29, 0.717) is 5.56 Å². The maximum absolute atomic E-state index is 12.8. The van der Waals surface area contributed by atoms with Crippen molar-refractivity contribution in [3.63, 3.8) is 0 Å². The molecule has 0 bridgehead atoms. The Morgan fingerprint density at radius 1 is 0.892 bits per heavy atom. The molecule has 0 spiro atoms. The molecule has 11 heteroatoms. The number of rotatable bonds is 8. The number of benzene rings is 3. The number of phenols is 1. The molecule has 0 radical (unpaired) electrons. The molecule has 1 aliphatic heterocycles. The molecule has 1 fully saturated rings. The van der Waals surface area contributed by atoms with Gasteiger partial charge >= 0.3 is 5.97 Å². The second-order valence-corrected chi connectivity index (χ2v) is 8.94. The molecule has 0 saturated carbocycles. The molecule has 1 heterocycles. The van der Waals surface area contributed by atoms with Crippen molar-refractivity contribution in [1.82, 2.24) is 10.9 Å². The van der Waals surface area contributed by atoms with Crippen LogP contribution >= 0.6 is 15.9 Å². The Labute approximate surface area is 219 Å². The molecule has 1 aliphatic rings. The van der Waals surface area contributed by atoms with Crippen molar-refractivity contribution in [2.75, 3.05) is 11.5 Å². The van der Waals surface area contributed by atoms with Crippen molar-refractivity contribution in [1.29, 1.82) is 0 Å². The fraction of sp³-hybridized carbons (Fsp3) is 0.115. The number of hydrazine groups is 1. The first-order valence-corrected chi connectivity index (χ1v) is 11.8. The lowest BCUT2D eigenvalue weighted by atomic mass is 10.1. The Hall–Kier alpha value is -4.35. The zero-order valence-electron chi connectivity index (χ0n) is 19.1. The summed E-state index contributed by atoms with van der Waals surface area (Å²) in [4.78, 5) is 63.0. The van der Waals surface area contributed by atoms with Crippen molar-refractivity contribution in [2.24, 2.45) is 0 Å². The van der Waals surface area contributed by atoms with Crippen LogP contribution < -0.4 is 15.8 Å². The number of carbonyl (C=O) groups excluding carboxylic acids is 5. The number of amides is 3. The van der Waals surface area contributed by atoms with Gasteiger partial charge in [0.2, 0.25) is 5.91 Å². The average Bonchev–Trinajstić information content (AvgIpc) is 3.19. The van der Waals surface area contributed by atoms with E-state index in [1.54, 1.807) is 24.3 Å². The van der Waals surface area contributed by atoms with E-state index >= 15 is 0 Å². The van der Waals surface area contributed by atoms with Crippen LogP contribution in [0.25, 0.3) is 0 Å². The molecule has 188 valence electrons. The topological polar surface area (TPSA) is 142 Å².